The van der Waals surface area contributed by atoms with Crippen LogP contribution in [-0.2, 0) is 5.92 Å². The molecule has 0 heterocycles. The third kappa shape index (κ3) is 1.75. The lowest BCUT2D eigenvalue weighted by Gasteiger charge is -2.14. The minimum absolute atomic E-state index is 0.853. The van der Waals surface area contributed by atoms with E-state index < -0.39 is 29.7 Å². The van der Waals surface area contributed by atoms with Crippen LogP contribution in [-0.4, -0.2) is 16.8 Å². The second kappa shape index (κ2) is 3.26. The lowest BCUT2D eigenvalue weighted by Crippen LogP contribution is -2.18. The number of benzene rings is 1. The van der Waals surface area contributed by atoms with E-state index in [4.69, 9.17) is 10.2 Å². The van der Waals surface area contributed by atoms with Crippen LogP contribution in [0.4, 0.5) is 13.2 Å². The van der Waals surface area contributed by atoms with Gasteiger partial charge in [-0.05, 0) is 12.1 Å². The molecule has 2 nitrogen and oxygen atoms in total. The molecule has 0 aliphatic heterocycles. The predicted molar refractivity (Wildman–Crippen MR) is 39.0 cm³/mol. The summed E-state index contributed by atoms with van der Waals surface area (Å²) in [5.74, 6) is -5.88. The van der Waals surface area contributed by atoms with E-state index in [1.807, 2.05) is 0 Å². The van der Waals surface area contributed by atoms with E-state index in [2.05, 4.69) is 0 Å². The van der Waals surface area contributed by atoms with Gasteiger partial charge in [-0.25, -0.2) is 4.39 Å². The van der Waals surface area contributed by atoms with Gasteiger partial charge in [0, 0.05) is 0 Å². The SMILES string of the molecule is OCC(F)(F)c1cccc(F)c1O. The number of hydrogen-bond acceptors (Lipinski definition) is 2. The molecule has 0 bridgehead atoms. The molecular formula is C8H7F3O2. The molecule has 0 atom stereocenters. The van der Waals surface area contributed by atoms with Crippen LogP contribution in [0.3, 0.4) is 0 Å². The highest BCUT2D eigenvalue weighted by molar-refractivity contribution is 5.36. The van der Waals surface area contributed by atoms with Crippen molar-refractivity contribution in [2.75, 3.05) is 6.61 Å². The fourth-order valence-corrected chi connectivity index (χ4v) is 0.896. The zero-order valence-corrected chi connectivity index (χ0v) is 6.47. The summed E-state index contributed by atoms with van der Waals surface area (Å²) in [5.41, 5.74) is -0.907. The van der Waals surface area contributed by atoms with Gasteiger partial charge in [-0.15, -0.1) is 0 Å². The van der Waals surface area contributed by atoms with Crippen LogP contribution in [0, 0.1) is 5.82 Å². The Morgan fingerprint density at radius 1 is 1.31 bits per heavy atom. The second-order valence-electron chi connectivity index (χ2n) is 2.50. The van der Waals surface area contributed by atoms with Crippen molar-refractivity contribution < 1.29 is 23.4 Å². The molecule has 0 aliphatic carbocycles. The molecule has 0 aliphatic rings. The van der Waals surface area contributed by atoms with Crippen molar-refractivity contribution in [3.05, 3.63) is 29.6 Å². The molecule has 0 saturated heterocycles. The van der Waals surface area contributed by atoms with Crippen molar-refractivity contribution in [1.29, 1.82) is 0 Å². The van der Waals surface area contributed by atoms with Crippen molar-refractivity contribution in [2.24, 2.45) is 0 Å². The van der Waals surface area contributed by atoms with E-state index in [-0.39, 0.29) is 0 Å². The number of hydrogen-bond donors (Lipinski definition) is 2. The highest BCUT2D eigenvalue weighted by Crippen LogP contribution is 2.34. The summed E-state index contributed by atoms with van der Waals surface area (Å²) in [4.78, 5) is 0. The molecule has 1 rings (SSSR count). The van der Waals surface area contributed by atoms with Gasteiger partial charge in [0.05, 0.1) is 5.56 Å². The smallest absolute Gasteiger partial charge is 0.299 e. The minimum atomic E-state index is -3.62. The number of aliphatic hydroxyl groups is 1. The number of halogens is 3. The summed E-state index contributed by atoms with van der Waals surface area (Å²) in [5, 5.41) is 17.2. The van der Waals surface area contributed by atoms with Crippen molar-refractivity contribution >= 4 is 0 Å². The fourth-order valence-electron chi connectivity index (χ4n) is 0.896. The van der Waals surface area contributed by atoms with Crippen LogP contribution >= 0.6 is 0 Å². The van der Waals surface area contributed by atoms with Crippen LogP contribution in [0.15, 0.2) is 18.2 Å². The van der Waals surface area contributed by atoms with E-state index in [9.17, 15) is 13.2 Å². The summed E-state index contributed by atoms with van der Waals surface area (Å²) >= 11 is 0. The molecule has 5 heteroatoms. The molecule has 1 aromatic carbocycles. The minimum Gasteiger partial charge on any atom is -0.504 e. The lowest BCUT2D eigenvalue weighted by atomic mass is 10.1. The Labute approximate surface area is 72.2 Å². The molecule has 0 saturated carbocycles. The Morgan fingerprint density at radius 3 is 2.46 bits per heavy atom. The predicted octanol–water partition coefficient (Wildman–Crippen LogP) is 1.62. The van der Waals surface area contributed by atoms with E-state index >= 15 is 0 Å². The van der Waals surface area contributed by atoms with Gasteiger partial charge in [0.1, 0.15) is 6.61 Å². The summed E-state index contributed by atoms with van der Waals surface area (Å²) in [6.07, 6.45) is 0. The van der Waals surface area contributed by atoms with Crippen LogP contribution < -0.4 is 0 Å². The van der Waals surface area contributed by atoms with Crippen molar-refractivity contribution in [3.8, 4) is 5.75 Å². The number of aromatic hydroxyl groups is 1. The lowest BCUT2D eigenvalue weighted by molar-refractivity contribution is -0.0574. The van der Waals surface area contributed by atoms with E-state index in [1.165, 1.54) is 0 Å². The molecule has 2 N–H and O–H groups in total. The highest BCUT2D eigenvalue weighted by atomic mass is 19.3. The normalized spacial score (nSPS) is 11.7. The second-order valence-corrected chi connectivity index (χ2v) is 2.50. The number of alkyl halides is 2. The topological polar surface area (TPSA) is 40.5 Å². The van der Waals surface area contributed by atoms with Crippen LogP contribution in [0.5, 0.6) is 5.75 Å². The van der Waals surface area contributed by atoms with Crippen LogP contribution in [0.25, 0.3) is 0 Å². The van der Waals surface area contributed by atoms with Crippen molar-refractivity contribution in [1.82, 2.24) is 0 Å². The molecule has 0 radical (unpaired) electrons. The Morgan fingerprint density at radius 2 is 1.92 bits per heavy atom. The zero-order valence-electron chi connectivity index (χ0n) is 6.47. The third-order valence-corrected chi connectivity index (χ3v) is 1.58. The number of aliphatic hydroxyl groups excluding tert-OH is 1. The first-order valence-corrected chi connectivity index (χ1v) is 3.45. The summed E-state index contributed by atoms with van der Waals surface area (Å²) in [7, 11) is 0. The van der Waals surface area contributed by atoms with E-state index in [0.29, 0.717) is 0 Å². The average Bonchev–Trinajstić information content (AvgIpc) is 2.09. The third-order valence-electron chi connectivity index (χ3n) is 1.58. The largest absolute Gasteiger partial charge is 0.504 e. The summed E-state index contributed by atoms with van der Waals surface area (Å²) in [6.45, 7) is -1.47. The molecule has 0 unspecified atom stereocenters. The molecule has 13 heavy (non-hydrogen) atoms. The average molecular weight is 192 g/mol. The first-order chi connectivity index (χ1) is 5.99. The number of phenols is 1. The van der Waals surface area contributed by atoms with Crippen molar-refractivity contribution in [3.63, 3.8) is 0 Å². The van der Waals surface area contributed by atoms with Gasteiger partial charge in [-0.3, -0.25) is 0 Å². The zero-order chi connectivity index (χ0) is 10.1. The number of rotatable bonds is 2. The van der Waals surface area contributed by atoms with Gasteiger partial charge in [-0.1, -0.05) is 6.07 Å². The van der Waals surface area contributed by atoms with Gasteiger partial charge in [-0.2, -0.15) is 8.78 Å². The van der Waals surface area contributed by atoms with Gasteiger partial charge < -0.3 is 10.2 Å². The maximum atomic E-state index is 12.7. The molecule has 0 fully saturated rings. The first kappa shape index (κ1) is 9.85. The number of phenolic OH excluding ortho intramolecular Hbond substituents is 1. The molecule has 1 aromatic rings. The number of para-hydroxylation sites is 1. The van der Waals surface area contributed by atoms with E-state index in [1.54, 1.807) is 0 Å². The van der Waals surface area contributed by atoms with Crippen molar-refractivity contribution in [2.45, 2.75) is 5.92 Å². The fraction of sp³-hybridized carbons (Fsp3) is 0.250. The molecular weight excluding hydrogens is 185 g/mol. The maximum absolute atomic E-state index is 12.7. The molecule has 72 valence electrons. The monoisotopic (exact) mass is 192 g/mol. The summed E-state index contributed by atoms with van der Waals surface area (Å²) < 4.78 is 38.1. The Hall–Kier alpha value is -1.23. The maximum Gasteiger partial charge on any atom is 0.299 e. The Balaban J connectivity index is 3.22. The highest BCUT2D eigenvalue weighted by Gasteiger charge is 2.34. The van der Waals surface area contributed by atoms with Gasteiger partial charge in [0.15, 0.2) is 11.6 Å². The Kier molecular flexibility index (Phi) is 2.47. The summed E-state index contributed by atoms with van der Waals surface area (Å²) in [6, 6.07) is 2.74. The molecule has 0 spiro atoms. The van der Waals surface area contributed by atoms with E-state index in [0.717, 1.165) is 18.2 Å². The first-order valence-electron chi connectivity index (χ1n) is 3.45. The van der Waals surface area contributed by atoms with Crippen LogP contribution in [0.1, 0.15) is 5.56 Å². The quantitative estimate of drug-likeness (QED) is 0.747. The van der Waals surface area contributed by atoms with Crippen LogP contribution in [0.2, 0.25) is 0 Å². The van der Waals surface area contributed by atoms with Gasteiger partial charge >= 0.3 is 0 Å². The molecule has 0 aromatic heterocycles. The molecule has 0 amide bonds. The standard InChI is InChI=1S/C8H7F3O2/c9-6-3-1-2-5(7(6)13)8(10,11)4-12/h1-3,12-13H,4H2. The van der Waals surface area contributed by atoms with Gasteiger partial charge in [0.2, 0.25) is 0 Å². The van der Waals surface area contributed by atoms with Gasteiger partial charge in [0.25, 0.3) is 5.92 Å². The Bertz CT molecular complexity index is 312.